The molecule has 0 bridgehead atoms. The molecule has 13 heteroatoms. The van der Waals surface area contributed by atoms with Gasteiger partial charge in [-0.15, -0.1) is 0 Å². The van der Waals surface area contributed by atoms with Crippen LogP contribution in [-0.4, -0.2) is 57.2 Å². The molecule has 1 fully saturated rings. The number of halogens is 3. The lowest BCUT2D eigenvalue weighted by Gasteiger charge is -2.26. The van der Waals surface area contributed by atoms with Crippen molar-refractivity contribution in [2.45, 2.75) is 11.1 Å². The maximum atomic E-state index is 13.1. The van der Waals surface area contributed by atoms with Crippen LogP contribution < -0.4 is 9.47 Å². The van der Waals surface area contributed by atoms with Gasteiger partial charge in [0, 0.05) is 25.2 Å². The normalized spacial score (nSPS) is 15.3. The highest BCUT2D eigenvalue weighted by Crippen LogP contribution is 2.38. The van der Waals surface area contributed by atoms with Crippen molar-refractivity contribution in [1.82, 2.24) is 4.31 Å². The summed E-state index contributed by atoms with van der Waals surface area (Å²) < 4.78 is 81.5. The summed E-state index contributed by atoms with van der Waals surface area (Å²) in [5.41, 5.74) is -1.96. The van der Waals surface area contributed by atoms with E-state index >= 15 is 0 Å². The van der Waals surface area contributed by atoms with Crippen LogP contribution in [0.2, 0.25) is 0 Å². The van der Waals surface area contributed by atoms with Crippen molar-refractivity contribution in [3.63, 3.8) is 0 Å². The molecule has 2 aromatic carbocycles. The van der Waals surface area contributed by atoms with E-state index < -0.39 is 38.1 Å². The van der Waals surface area contributed by atoms with E-state index in [2.05, 4.69) is 0 Å². The number of ether oxygens (including phenoxy) is 3. The van der Waals surface area contributed by atoms with Gasteiger partial charge in [0.2, 0.25) is 10.0 Å². The molecular formula is C19H19F3N2O7S. The average Bonchev–Trinajstić information content (AvgIpc) is 2.77. The third kappa shape index (κ3) is 5.66. The zero-order valence-electron chi connectivity index (χ0n) is 16.6. The number of benzene rings is 2. The van der Waals surface area contributed by atoms with E-state index in [0.29, 0.717) is 25.0 Å². The molecule has 2 aromatic rings. The first-order valence-electron chi connectivity index (χ1n) is 9.38. The molecule has 0 saturated carbocycles. The maximum Gasteiger partial charge on any atom is 0.420 e. The lowest BCUT2D eigenvalue weighted by molar-refractivity contribution is -0.385. The summed E-state index contributed by atoms with van der Waals surface area (Å²) >= 11 is 0. The van der Waals surface area contributed by atoms with Gasteiger partial charge in [-0.05, 0) is 30.3 Å². The molecule has 3 rings (SSSR count). The summed E-state index contributed by atoms with van der Waals surface area (Å²) in [4.78, 5) is 9.88. The summed E-state index contributed by atoms with van der Waals surface area (Å²) in [7, 11) is -3.65. The highest BCUT2D eigenvalue weighted by atomic mass is 32.2. The first kappa shape index (κ1) is 23.8. The third-order valence-corrected chi connectivity index (χ3v) is 6.43. The maximum absolute atomic E-state index is 13.1. The highest BCUT2D eigenvalue weighted by molar-refractivity contribution is 7.89. The smallest absolute Gasteiger partial charge is 0.420 e. The van der Waals surface area contributed by atoms with E-state index in [0.717, 1.165) is 12.1 Å². The van der Waals surface area contributed by atoms with E-state index in [1.807, 2.05) is 0 Å². The Morgan fingerprint density at radius 2 is 1.66 bits per heavy atom. The lowest BCUT2D eigenvalue weighted by atomic mass is 10.1. The number of non-ortho nitro benzene ring substituents is 1. The van der Waals surface area contributed by atoms with Gasteiger partial charge in [-0.25, -0.2) is 8.42 Å². The van der Waals surface area contributed by atoms with Crippen LogP contribution in [-0.2, 0) is 20.9 Å². The Labute approximate surface area is 181 Å². The minimum atomic E-state index is -4.83. The van der Waals surface area contributed by atoms with Gasteiger partial charge in [-0.2, -0.15) is 17.5 Å². The predicted octanol–water partition coefficient (Wildman–Crippen LogP) is 3.09. The fourth-order valence-electron chi connectivity index (χ4n) is 2.93. The molecule has 1 aliphatic rings. The van der Waals surface area contributed by atoms with E-state index in [1.54, 1.807) is 0 Å². The first-order valence-corrected chi connectivity index (χ1v) is 10.8. The molecule has 1 saturated heterocycles. The number of rotatable bonds is 8. The second kappa shape index (κ2) is 9.71. The molecule has 0 amide bonds. The molecule has 0 aliphatic carbocycles. The Morgan fingerprint density at radius 3 is 2.25 bits per heavy atom. The van der Waals surface area contributed by atoms with Crippen molar-refractivity contribution in [2.24, 2.45) is 0 Å². The van der Waals surface area contributed by atoms with E-state index in [1.165, 1.54) is 28.6 Å². The monoisotopic (exact) mass is 476 g/mol. The second-order valence-electron chi connectivity index (χ2n) is 6.62. The summed E-state index contributed by atoms with van der Waals surface area (Å²) in [6, 6.07) is 7.81. The van der Waals surface area contributed by atoms with Gasteiger partial charge in [0.15, 0.2) is 0 Å². The molecule has 0 unspecified atom stereocenters. The van der Waals surface area contributed by atoms with Gasteiger partial charge in [0.1, 0.15) is 30.3 Å². The van der Waals surface area contributed by atoms with Gasteiger partial charge >= 0.3 is 6.18 Å². The van der Waals surface area contributed by atoms with Crippen molar-refractivity contribution in [2.75, 3.05) is 39.5 Å². The van der Waals surface area contributed by atoms with Gasteiger partial charge in [0.25, 0.3) is 5.69 Å². The van der Waals surface area contributed by atoms with Crippen molar-refractivity contribution < 1.29 is 40.7 Å². The topological polar surface area (TPSA) is 108 Å². The van der Waals surface area contributed by atoms with E-state index in [-0.39, 0.29) is 31.2 Å². The number of alkyl halides is 3. The first-order chi connectivity index (χ1) is 15.1. The Kier molecular flexibility index (Phi) is 7.21. The zero-order valence-corrected chi connectivity index (χ0v) is 17.4. The molecule has 32 heavy (non-hydrogen) atoms. The van der Waals surface area contributed by atoms with Crippen molar-refractivity contribution >= 4 is 15.7 Å². The Hall–Kier alpha value is -2.90. The van der Waals surface area contributed by atoms with Crippen LogP contribution in [0.15, 0.2) is 47.4 Å². The number of hydrogen-bond acceptors (Lipinski definition) is 7. The fraction of sp³-hybridized carbons (Fsp3) is 0.368. The van der Waals surface area contributed by atoms with Crippen LogP contribution in [0.4, 0.5) is 18.9 Å². The minimum Gasteiger partial charge on any atom is -0.490 e. The van der Waals surface area contributed by atoms with Gasteiger partial charge in [-0.1, -0.05) is 0 Å². The minimum absolute atomic E-state index is 0.0868. The molecule has 0 aromatic heterocycles. The van der Waals surface area contributed by atoms with Crippen molar-refractivity contribution in [1.29, 1.82) is 0 Å². The molecule has 0 atom stereocenters. The summed E-state index contributed by atoms with van der Waals surface area (Å²) in [6.45, 7) is 0.774. The van der Waals surface area contributed by atoms with Crippen LogP contribution in [0.1, 0.15) is 5.56 Å². The van der Waals surface area contributed by atoms with Crippen LogP contribution in [0, 0.1) is 10.1 Å². The van der Waals surface area contributed by atoms with Gasteiger partial charge in [0.05, 0.1) is 23.0 Å². The van der Waals surface area contributed by atoms with Crippen LogP contribution >= 0.6 is 0 Å². The number of morpholine rings is 1. The van der Waals surface area contributed by atoms with Crippen LogP contribution in [0.3, 0.4) is 0 Å². The Bertz CT molecular complexity index is 1050. The largest absolute Gasteiger partial charge is 0.490 e. The molecule has 1 aliphatic heterocycles. The molecular weight excluding hydrogens is 457 g/mol. The van der Waals surface area contributed by atoms with Crippen molar-refractivity contribution in [3.05, 3.63) is 58.1 Å². The van der Waals surface area contributed by atoms with Crippen LogP contribution in [0.25, 0.3) is 0 Å². The summed E-state index contributed by atoms with van der Waals surface area (Å²) in [6.07, 6.45) is -4.83. The zero-order chi connectivity index (χ0) is 23.4. The molecule has 0 N–H and O–H groups in total. The highest BCUT2D eigenvalue weighted by Gasteiger charge is 2.36. The standard InChI is InChI=1S/C19H19F3N2O7S/c20-19(21,22)17-13-14(24(25)26)1-6-18(17)31-12-11-30-15-2-4-16(5-3-15)32(27,28)23-7-9-29-10-8-23/h1-6,13H,7-12H2. The molecule has 0 spiro atoms. The third-order valence-electron chi connectivity index (χ3n) is 4.52. The van der Waals surface area contributed by atoms with Gasteiger partial charge < -0.3 is 14.2 Å². The molecule has 9 nitrogen and oxygen atoms in total. The molecule has 174 valence electrons. The Morgan fingerprint density at radius 1 is 1.03 bits per heavy atom. The lowest BCUT2D eigenvalue weighted by Crippen LogP contribution is -2.40. The quantitative estimate of drug-likeness (QED) is 0.327. The number of nitrogens with zero attached hydrogens (tertiary/aromatic N) is 2. The van der Waals surface area contributed by atoms with Crippen molar-refractivity contribution in [3.8, 4) is 11.5 Å². The van der Waals surface area contributed by atoms with E-state index in [4.69, 9.17) is 14.2 Å². The Balaban J connectivity index is 1.58. The average molecular weight is 476 g/mol. The number of nitro groups is 1. The number of nitro benzene ring substituents is 1. The molecule has 0 radical (unpaired) electrons. The predicted molar refractivity (Wildman–Crippen MR) is 105 cm³/mol. The summed E-state index contributed by atoms with van der Waals surface area (Å²) in [5, 5.41) is 10.7. The summed E-state index contributed by atoms with van der Waals surface area (Å²) in [5.74, 6) is -0.257. The van der Waals surface area contributed by atoms with E-state index in [9.17, 15) is 31.7 Å². The number of hydrogen-bond donors (Lipinski definition) is 0. The molecule has 1 heterocycles. The fourth-order valence-corrected chi connectivity index (χ4v) is 4.34. The second-order valence-corrected chi connectivity index (χ2v) is 8.56. The van der Waals surface area contributed by atoms with Crippen LogP contribution in [0.5, 0.6) is 11.5 Å². The van der Waals surface area contributed by atoms with Gasteiger partial charge in [-0.3, -0.25) is 10.1 Å². The number of sulfonamides is 1. The SMILES string of the molecule is O=[N+]([O-])c1ccc(OCCOc2ccc(S(=O)(=O)N3CCOCC3)cc2)c(C(F)(F)F)c1.